The van der Waals surface area contributed by atoms with Crippen LogP contribution < -0.4 is 5.32 Å². The van der Waals surface area contributed by atoms with Gasteiger partial charge >= 0.3 is 0 Å². The largest absolute Gasteiger partial charge is 0.312 e. The molecular weight excluding hydrogens is 246 g/mol. The average molecular weight is 275 g/mol. The highest BCUT2D eigenvalue weighted by Gasteiger charge is 2.20. The summed E-state index contributed by atoms with van der Waals surface area (Å²) in [5.41, 5.74) is 5.67. The molecule has 1 heterocycles. The van der Waals surface area contributed by atoms with E-state index in [1.54, 1.807) is 0 Å². The Labute approximate surface area is 124 Å². The van der Waals surface area contributed by atoms with E-state index < -0.39 is 0 Å². The molecule has 1 aromatic rings. The van der Waals surface area contributed by atoms with E-state index in [1.165, 1.54) is 48.4 Å². The highest BCUT2D eigenvalue weighted by Crippen LogP contribution is 2.24. The third kappa shape index (κ3) is 3.60. The third-order valence-corrected chi connectivity index (χ3v) is 4.47. The predicted molar refractivity (Wildman–Crippen MR) is 86.4 cm³/mol. The molecule has 0 amide bonds. The standard InChI is InChI=1S/C17H29N3/c1-13-10-14(2)17(15(3)11-13)16(18-4)12-20-8-6-19(5)7-9-20/h10-11,16,18H,6-9,12H2,1-5H3. The molecule has 0 aromatic heterocycles. The van der Waals surface area contributed by atoms with Crippen molar-refractivity contribution >= 4 is 0 Å². The van der Waals surface area contributed by atoms with Crippen LogP contribution in [0.5, 0.6) is 0 Å². The lowest BCUT2D eigenvalue weighted by atomic mass is 9.93. The van der Waals surface area contributed by atoms with E-state index in [0.29, 0.717) is 6.04 Å². The smallest absolute Gasteiger partial charge is 0.0452 e. The van der Waals surface area contributed by atoms with Crippen molar-refractivity contribution in [1.82, 2.24) is 15.1 Å². The SMILES string of the molecule is CNC(CN1CCN(C)CC1)c1c(C)cc(C)cc1C. The fraction of sp³-hybridized carbons (Fsp3) is 0.647. The van der Waals surface area contributed by atoms with Crippen molar-refractivity contribution in [1.29, 1.82) is 0 Å². The number of hydrogen-bond donors (Lipinski definition) is 1. The molecular formula is C17H29N3. The fourth-order valence-electron chi connectivity index (χ4n) is 3.36. The summed E-state index contributed by atoms with van der Waals surface area (Å²) in [7, 11) is 4.29. The molecule has 1 aromatic carbocycles. The predicted octanol–water partition coefficient (Wildman–Crippen LogP) is 2.12. The van der Waals surface area contributed by atoms with Crippen molar-refractivity contribution in [2.45, 2.75) is 26.8 Å². The molecule has 0 spiro atoms. The summed E-state index contributed by atoms with van der Waals surface area (Å²) in [6, 6.07) is 5.03. The first-order chi connectivity index (χ1) is 9.51. The summed E-state index contributed by atoms with van der Waals surface area (Å²) in [6.07, 6.45) is 0. The van der Waals surface area contributed by atoms with Crippen LogP contribution in [0.2, 0.25) is 0 Å². The van der Waals surface area contributed by atoms with Crippen LogP contribution in [0.3, 0.4) is 0 Å². The van der Waals surface area contributed by atoms with E-state index in [2.05, 4.69) is 62.1 Å². The van der Waals surface area contributed by atoms with Gasteiger partial charge in [0.2, 0.25) is 0 Å². The van der Waals surface area contributed by atoms with E-state index in [9.17, 15) is 0 Å². The molecule has 0 bridgehead atoms. The number of benzene rings is 1. The van der Waals surface area contributed by atoms with E-state index in [4.69, 9.17) is 0 Å². The van der Waals surface area contributed by atoms with E-state index >= 15 is 0 Å². The van der Waals surface area contributed by atoms with Crippen molar-refractivity contribution in [3.8, 4) is 0 Å². The first-order valence-electron chi connectivity index (χ1n) is 7.67. The summed E-state index contributed by atoms with van der Waals surface area (Å²) in [4.78, 5) is 4.99. The Morgan fingerprint density at radius 2 is 1.60 bits per heavy atom. The normalized spacial score (nSPS) is 19.2. The molecule has 1 saturated heterocycles. The Morgan fingerprint density at radius 1 is 1.05 bits per heavy atom. The molecule has 1 atom stereocenters. The van der Waals surface area contributed by atoms with Gasteiger partial charge in [-0.15, -0.1) is 0 Å². The van der Waals surface area contributed by atoms with Gasteiger partial charge in [-0.05, 0) is 51.6 Å². The van der Waals surface area contributed by atoms with Gasteiger partial charge in [-0.25, -0.2) is 0 Å². The molecule has 1 unspecified atom stereocenters. The second-order valence-corrected chi connectivity index (χ2v) is 6.26. The first kappa shape index (κ1) is 15.5. The van der Waals surface area contributed by atoms with Crippen LogP contribution in [-0.2, 0) is 0 Å². The zero-order chi connectivity index (χ0) is 14.7. The fourth-order valence-corrected chi connectivity index (χ4v) is 3.36. The maximum atomic E-state index is 3.52. The van der Waals surface area contributed by atoms with Crippen LogP contribution >= 0.6 is 0 Å². The second kappa shape index (κ2) is 6.70. The highest BCUT2D eigenvalue weighted by atomic mass is 15.3. The minimum atomic E-state index is 0.430. The Morgan fingerprint density at radius 3 is 2.10 bits per heavy atom. The molecule has 0 radical (unpaired) electrons. The van der Waals surface area contributed by atoms with Gasteiger partial charge in [-0.1, -0.05) is 17.7 Å². The number of hydrogen-bond acceptors (Lipinski definition) is 3. The van der Waals surface area contributed by atoms with Gasteiger partial charge in [0, 0.05) is 38.8 Å². The number of nitrogens with zero attached hydrogens (tertiary/aromatic N) is 2. The van der Waals surface area contributed by atoms with Gasteiger partial charge in [0.05, 0.1) is 0 Å². The molecule has 1 N–H and O–H groups in total. The first-order valence-corrected chi connectivity index (χ1v) is 7.67. The molecule has 2 rings (SSSR count). The topological polar surface area (TPSA) is 18.5 Å². The average Bonchev–Trinajstić information content (AvgIpc) is 2.38. The zero-order valence-electron chi connectivity index (χ0n) is 13.7. The van der Waals surface area contributed by atoms with Crippen LogP contribution in [0.1, 0.15) is 28.3 Å². The highest BCUT2D eigenvalue weighted by molar-refractivity contribution is 5.39. The minimum Gasteiger partial charge on any atom is -0.312 e. The minimum absolute atomic E-state index is 0.430. The van der Waals surface area contributed by atoms with Crippen LogP contribution in [0.25, 0.3) is 0 Å². The summed E-state index contributed by atoms with van der Waals surface area (Å²) in [5.74, 6) is 0. The van der Waals surface area contributed by atoms with Gasteiger partial charge in [0.15, 0.2) is 0 Å². The zero-order valence-corrected chi connectivity index (χ0v) is 13.7. The van der Waals surface area contributed by atoms with Gasteiger partial charge in [-0.3, -0.25) is 4.90 Å². The summed E-state index contributed by atoms with van der Waals surface area (Å²) in [5, 5.41) is 3.52. The summed E-state index contributed by atoms with van der Waals surface area (Å²) >= 11 is 0. The monoisotopic (exact) mass is 275 g/mol. The van der Waals surface area contributed by atoms with E-state index in [1.807, 2.05) is 0 Å². The summed E-state index contributed by atoms with van der Waals surface area (Å²) in [6.45, 7) is 12.5. The number of nitrogens with one attached hydrogen (secondary N) is 1. The maximum absolute atomic E-state index is 3.52. The molecule has 1 aliphatic rings. The quantitative estimate of drug-likeness (QED) is 0.908. The van der Waals surface area contributed by atoms with Crippen molar-refractivity contribution in [2.24, 2.45) is 0 Å². The lowest BCUT2D eigenvalue weighted by molar-refractivity contribution is 0.143. The van der Waals surface area contributed by atoms with Crippen LogP contribution in [0.15, 0.2) is 12.1 Å². The lowest BCUT2D eigenvalue weighted by Gasteiger charge is -2.35. The number of piperazine rings is 1. The maximum Gasteiger partial charge on any atom is 0.0452 e. The molecule has 0 aliphatic carbocycles. The number of aryl methyl sites for hydroxylation is 3. The van der Waals surface area contributed by atoms with Crippen molar-refractivity contribution in [3.63, 3.8) is 0 Å². The molecule has 1 aliphatic heterocycles. The molecule has 3 heteroatoms. The molecule has 20 heavy (non-hydrogen) atoms. The van der Waals surface area contributed by atoms with Crippen molar-refractivity contribution < 1.29 is 0 Å². The van der Waals surface area contributed by atoms with E-state index in [-0.39, 0.29) is 0 Å². The summed E-state index contributed by atoms with van der Waals surface area (Å²) < 4.78 is 0. The lowest BCUT2D eigenvalue weighted by Crippen LogP contribution is -2.47. The van der Waals surface area contributed by atoms with Gasteiger partial charge in [0.1, 0.15) is 0 Å². The number of likely N-dealkylation sites (N-methyl/N-ethyl adjacent to an activating group) is 2. The van der Waals surface area contributed by atoms with Crippen LogP contribution in [0.4, 0.5) is 0 Å². The molecule has 1 fully saturated rings. The van der Waals surface area contributed by atoms with Gasteiger partial charge < -0.3 is 10.2 Å². The Kier molecular flexibility index (Phi) is 5.19. The van der Waals surface area contributed by atoms with E-state index in [0.717, 1.165) is 6.54 Å². The van der Waals surface area contributed by atoms with Crippen LogP contribution in [-0.4, -0.2) is 56.6 Å². The second-order valence-electron chi connectivity index (χ2n) is 6.26. The van der Waals surface area contributed by atoms with Crippen molar-refractivity contribution in [2.75, 3.05) is 46.8 Å². The number of rotatable bonds is 4. The Hall–Kier alpha value is -0.900. The third-order valence-electron chi connectivity index (χ3n) is 4.47. The van der Waals surface area contributed by atoms with Gasteiger partial charge in [0.25, 0.3) is 0 Å². The Bertz CT molecular complexity index is 425. The molecule has 0 saturated carbocycles. The molecule has 112 valence electrons. The Balaban J connectivity index is 2.12. The van der Waals surface area contributed by atoms with Crippen molar-refractivity contribution in [3.05, 3.63) is 34.4 Å². The van der Waals surface area contributed by atoms with Crippen LogP contribution in [0, 0.1) is 20.8 Å². The van der Waals surface area contributed by atoms with Gasteiger partial charge in [-0.2, -0.15) is 0 Å². The molecule has 3 nitrogen and oxygen atoms in total.